The first-order chi connectivity index (χ1) is 11.5. The largest absolute Gasteiger partial charge is 0.383 e. The second kappa shape index (κ2) is 4.89. The number of aryl methyl sites for hydroxylation is 1. The molecule has 120 valence electrons. The van der Waals surface area contributed by atoms with E-state index in [0.717, 1.165) is 17.0 Å². The molecule has 7 heteroatoms. The Bertz CT molecular complexity index is 1120. The molecule has 0 aliphatic rings. The standard InChI is InChI=1S/C17H13F2N5/c1-24-5-4-10-14-13(22-17(21)23-16(14)20)7-11(15(10)24)9-3-2-8(18)6-12(9)19/h2-7H,1H3,(H4,20,21,22,23). The summed E-state index contributed by atoms with van der Waals surface area (Å²) in [6, 6.07) is 7.05. The van der Waals surface area contributed by atoms with E-state index in [1.54, 1.807) is 6.07 Å². The van der Waals surface area contributed by atoms with Crippen molar-refractivity contribution in [2.24, 2.45) is 7.05 Å². The first-order valence-corrected chi connectivity index (χ1v) is 7.22. The molecular formula is C17H13F2N5. The van der Waals surface area contributed by atoms with Crippen molar-refractivity contribution >= 4 is 33.6 Å². The number of rotatable bonds is 1. The van der Waals surface area contributed by atoms with Crippen LogP contribution in [0.1, 0.15) is 0 Å². The number of anilines is 2. The van der Waals surface area contributed by atoms with E-state index in [9.17, 15) is 8.78 Å². The van der Waals surface area contributed by atoms with Crippen molar-refractivity contribution in [2.45, 2.75) is 0 Å². The Labute approximate surface area is 135 Å². The molecule has 0 fully saturated rings. The van der Waals surface area contributed by atoms with Gasteiger partial charge in [-0.15, -0.1) is 0 Å². The Morgan fingerprint density at radius 2 is 1.79 bits per heavy atom. The minimum atomic E-state index is -0.646. The first kappa shape index (κ1) is 14.4. The second-order valence-corrected chi connectivity index (χ2v) is 5.60. The molecule has 2 aromatic heterocycles. The Balaban J connectivity index is 2.20. The van der Waals surface area contributed by atoms with Gasteiger partial charge < -0.3 is 16.0 Å². The normalized spacial score (nSPS) is 11.5. The van der Waals surface area contributed by atoms with Crippen LogP contribution < -0.4 is 11.5 Å². The van der Waals surface area contributed by atoms with Gasteiger partial charge in [-0.1, -0.05) is 0 Å². The van der Waals surface area contributed by atoms with Crippen LogP contribution in [0.25, 0.3) is 32.9 Å². The van der Waals surface area contributed by atoms with Crippen LogP contribution >= 0.6 is 0 Å². The summed E-state index contributed by atoms with van der Waals surface area (Å²) in [5.74, 6) is -0.969. The summed E-state index contributed by atoms with van der Waals surface area (Å²) >= 11 is 0. The Hall–Kier alpha value is -3.22. The van der Waals surface area contributed by atoms with Gasteiger partial charge in [-0.25, -0.2) is 13.8 Å². The van der Waals surface area contributed by atoms with Crippen molar-refractivity contribution in [1.82, 2.24) is 14.5 Å². The zero-order valence-corrected chi connectivity index (χ0v) is 12.7. The summed E-state index contributed by atoms with van der Waals surface area (Å²) in [5.41, 5.74) is 13.8. The number of nitrogen functional groups attached to an aromatic ring is 2. The lowest BCUT2D eigenvalue weighted by Crippen LogP contribution is -2.02. The molecule has 0 atom stereocenters. The minimum absolute atomic E-state index is 0.0424. The monoisotopic (exact) mass is 325 g/mol. The van der Waals surface area contributed by atoms with E-state index in [2.05, 4.69) is 9.97 Å². The molecule has 0 bridgehead atoms. The number of nitrogens with two attached hydrogens (primary N) is 2. The van der Waals surface area contributed by atoms with Crippen molar-refractivity contribution in [1.29, 1.82) is 0 Å². The molecule has 2 aromatic carbocycles. The summed E-state index contributed by atoms with van der Waals surface area (Å²) in [5, 5.41) is 1.44. The highest BCUT2D eigenvalue weighted by Gasteiger charge is 2.17. The summed E-state index contributed by atoms with van der Waals surface area (Å²) in [4.78, 5) is 8.21. The molecule has 0 unspecified atom stereocenters. The number of benzene rings is 2. The van der Waals surface area contributed by atoms with E-state index in [-0.39, 0.29) is 17.3 Å². The predicted octanol–water partition coefficient (Wildman–Crippen LogP) is 3.23. The number of hydrogen-bond donors (Lipinski definition) is 2. The summed E-state index contributed by atoms with van der Waals surface area (Å²) < 4.78 is 29.4. The molecule has 0 saturated heterocycles. The van der Waals surface area contributed by atoms with Gasteiger partial charge >= 0.3 is 0 Å². The predicted molar refractivity (Wildman–Crippen MR) is 90.2 cm³/mol. The SMILES string of the molecule is Cn1ccc2c3c(N)nc(N)nc3cc(-c3ccc(F)cc3F)c21. The quantitative estimate of drug-likeness (QED) is 0.563. The average Bonchev–Trinajstić information content (AvgIpc) is 2.88. The Morgan fingerprint density at radius 3 is 2.54 bits per heavy atom. The van der Waals surface area contributed by atoms with Crippen molar-refractivity contribution in [3.63, 3.8) is 0 Å². The third-order valence-corrected chi connectivity index (χ3v) is 4.08. The van der Waals surface area contributed by atoms with Crippen molar-refractivity contribution in [2.75, 3.05) is 11.5 Å². The van der Waals surface area contributed by atoms with Crippen molar-refractivity contribution in [3.05, 3.63) is 48.2 Å². The fourth-order valence-corrected chi connectivity index (χ4v) is 3.08. The van der Waals surface area contributed by atoms with E-state index < -0.39 is 11.6 Å². The molecular weight excluding hydrogens is 312 g/mol. The second-order valence-electron chi connectivity index (χ2n) is 5.60. The van der Waals surface area contributed by atoms with Gasteiger partial charge in [0.05, 0.1) is 16.4 Å². The molecule has 0 amide bonds. The van der Waals surface area contributed by atoms with E-state index in [1.807, 2.05) is 23.9 Å². The molecule has 0 saturated carbocycles. The van der Waals surface area contributed by atoms with Gasteiger partial charge in [-0.3, -0.25) is 0 Å². The maximum absolute atomic E-state index is 14.3. The molecule has 2 heterocycles. The highest BCUT2D eigenvalue weighted by atomic mass is 19.1. The van der Waals surface area contributed by atoms with Gasteiger partial charge in [0, 0.05) is 35.8 Å². The van der Waals surface area contributed by atoms with Crippen LogP contribution in [-0.2, 0) is 7.05 Å². The topological polar surface area (TPSA) is 82.8 Å². The Morgan fingerprint density at radius 1 is 1.00 bits per heavy atom. The summed E-state index contributed by atoms with van der Waals surface area (Å²) in [6.07, 6.45) is 1.84. The smallest absolute Gasteiger partial charge is 0.222 e. The van der Waals surface area contributed by atoms with Gasteiger partial charge in [0.1, 0.15) is 17.5 Å². The molecule has 0 aliphatic carbocycles. The highest BCUT2D eigenvalue weighted by Crippen LogP contribution is 2.37. The lowest BCUT2D eigenvalue weighted by molar-refractivity contribution is 0.585. The molecule has 4 N–H and O–H groups in total. The van der Waals surface area contributed by atoms with Crippen LogP contribution in [0.4, 0.5) is 20.5 Å². The van der Waals surface area contributed by atoms with Gasteiger partial charge in [-0.2, -0.15) is 4.98 Å². The lowest BCUT2D eigenvalue weighted by atomic mass is 9.99. The summed E-state index contributed by atoms with van der Waals surface area (Å²) in [7, 11) is 1.84. The molecule has 5 nitrogen and oxygen atoms in total. The van der Waals surface area contributed by atoms with Gasteiger partial charge in [0.25, 0.3) is 0 Å². The zero-order valence-electron chi connectivity index (χ0n) is 12.7. The fraction of sp³-hybridized carbons (Fsp3) is 0.0588. The fourth-order valence-electron chi connectivity index (χ4n) is 3.08. The minimum Gasteiger partial charge on any atom is -0.383 e. The number of hydrogen-bond acceptors (Lipinski definition) is 4. The highest BCUT2D eigenvalue weighted by molar-refractivity contribution is 6.15. The number of halogens is 2. The van der Waals surface area contributed by atoms with Gasteiger partial charge in [0.15, 0.2) is 0 Å². The van der Waals surface area contributed by atoms with E-state index in [1.165, 1.54) is 12.1 Å². The molecule has 0 radical (unpaired) electrons. The maximum atomic E-state index is 14.3. The van der Waals surface area contributed by atoms with E-state index >= 15 is 0 Å². The number of aromatic nitrogens is 3. The van der Waals surface area contributed by atoms with E-state index in [4.69, 9.17) is 11.5 Å². The van der Waals surface area contributed by atoms with Crippen LogP contribution in [0.3, 0.4) is 0 Å². The third kappa shape index (κ3) is 1.98. The number of fused-ring (bicyclic) bond motifs is 3. The molecule has 4 rings (SSSR count). The van der Waals surface area contributed by atoms with Crippen molar-refractivity contribution in [3.8, 4) is 11.1 Å². The summed E-state index contributed by atoms with van der Waals surface area (Å²) in [6.45, 7) is 0. The molecule has 0 aliphatic heterocycles. The third-order valence-electron chi connectivity index (χ3n) is 4.08. The van der Waals surface area contributed by atoms with Gasteiger partial charge in [0.2, 0.25) is 5.95 Å². The van der Waals surface area contributed by atoms with Crippen LogP contribution in [-0.4, -0.2) is 14.5 Å². The van der Waals surface area contributed by atoms with Crippen LogP contribution in [0.15, 0.2) is 36.5 Å². The molecule has 0 spiro atoms. The number of nitrogens with zero attached hydrogens (tertiary/aromatic N) is 3. The lowest BCUT2D eigenvalue weighted by Gasteiger charge is -2.12. The van der Waals surface area contributed by atoms with Crippen molar-refractivity contribution < 1.29 is 8.78 Å². The van der Waals surface area contributed by atoms with Crippen LogP contribution in [0.2, 0.25) is 0 Å². The van der Waals surface area contributed by atoms with Crippen LogP contribution in [0.5, 0.6) is 0 Å². The average molecular weight is 325 g/mol. The maximum Gasteiger partial charge on any atom is 0.222 e. The van der Waals surface area contributed by atoms with E-state index in [0.29, 0.717) is 16.5 Å². The Kier molecular flexibility index (Phi) is 2.93. The first-order valence-electron chi connectivity index (χ1n) is 7.22. The zero-order chi connectivity index (χ0) is 17.0. The van der Waals surface area contributed by atoms with Crippen LogP contribution in [0, 0.1) is 11.6 Å². The molecule has 24 heavy (non-hydrogen) atoms. The van der Waals surface area contributed by atoms with Gasteiger partial charge in [-0.05, 0) is 24.3 Å². The molecule has 4 aromatic rings.